The van der Waals surface area contributed by atoms with E-state index >= 15 is 0 Å². The molecule has 1 atom stereocenters. The third-order valence-corrected chi connectivity index (χ3v) is 4.17. The van der Waals surface area contributed by atoms with E-state index in [1.807, 2.05) is 7.05 Å². The van der Waals surface area contributed by atoms with Crippen molar-refractivity contribution in [3.05, 3.63) is 33.3 Å². The van der Waals surface area contributed by atoms with E-state index in [0.717, 1.165) is 10.9 Å². The number of hydrogen-bond donors (Lipinski definition) is 0. The van der Waals surface area contributed by atoms with Crippen LogP contribution < -0.4 is 0 Å². The number of carbonyl (C=O) groups excluding carboxylic acids is 1. The number of carbonyl (C=O) groups is 1. The second-order valence-corrected chi connectivity index (χ2v) is 6.29. The van der Waals surface area contributed by atoms with E-state index in [1.54, 1.807) is 23.1 Å². The van der Waals surface area contributed by atoms with E-state index in [4.69, 9.17) is 11.6 Å². The maximum absolute atomic E-state index is 12.3. The first-order valence-corrected chi connectivity index (χ1v) is 7.22. The zero-order valence-electron chi connectivity index (χ0n) is 11.2. The normalized spacial score (nSPS) is 12.6. The highest BCUT2D eigenvalue weighted by Crippen LogP contribution is 2.24. The molecule has 1 amide bonds. The average molecular weight is 333 g/mol. The molecule has 0 aliphatic rings. The summed E-state index contributed by atoms with van der Waals surface area (Å²) in [4.78, 5) is 14.1. The van der Waals surface area contributed by atoms with Gasteiger partial charge in [-0.2, -0.15) is 0 Å². The highest BCUT2D eigenvalue weighted by molar-refractivity contribution is 9.10. The molecule has 1 aromatic carbocycles. The maximum atomic E-state index is 12.3. The molecule has 18 heavy (non-hydrogen) atoms. The molecule has 2 nitrogen and oxygen atoms in total. The zero-order valence-corrected chi connectivity index (χ0v) is 13.5. The Balaban J connectivity index is 2.82. The molecular formula is C14H19BrClNO. The molecule has 0 bridgehead atoms. The Morgan fingerprint density at radius 1 is 1.39 bits per heavy atom. The van der Waals surface area contributed by atoms with Crippen LogP contribution in [0, 0.1) is 5.92 Å². The van der Waals surface area contributed by atoms with E-state index < -0.39 is 0 Å². The SMILES string of the molecule is CC(C)CC(C)N(C)C(=O)c1ccc(Cl)c(Br)c1. The topological polar surface area (TPSA) is 20.3 Å². The van der Waals surface area contributed by atoms with Gasteiger partial charge in [0.25, 0.3) is 5.91 Å². The Morgan fingerprint density at radius 2 is 2.00 bits per heavy atom. The van der Waals surface area contributed by atoms with Gasteiger partial charge < -0.3 is 4.90 Å². The van der Waals surface area contributed by atoms with Gasteiger partial charge in [-0.05, 0) is 53.4 Å². The van der Waals surface area contributed by atoms with Crippen LogP contribution in [0.5, 0.6) is 0 Å². The van der Waals surface area contributed by atoms with Crippen LogP contribution in [-0.4, -0.2) is 23.9 Å². The minimum Gasteiger partial charge on any atom is -0.339 e. The molecular weight excluding hydrogens is 314 g/mol. The van der Waals surface area contributed by atoms with Gasteiger partial charge in [-0.25, -0.2) is 0 Å². The lowest BCUT2D eigenvalue weighted by atomic mass is 10.0. The third kappa shape index (κ3) is 3.99. The Hall–Kier alpha value is -0.540. The lowest BCUT2D eigenvalue weighted by Gasteiger charge is -2.26. The van der Waals surface area contributed by atoms with E-state index in [1.165, 1.54) is 0 Å². The number of halogens is 2. The van der Waals surface area contributed by atoms with Gasteiger partial charge in [0.05, 0.1) is 5.02 Å². The van der Waals surface area contributed by atoms with Crippen molar-refractivity contribution >= 4 is 33.4 Å². The third-order valence-electron chi connectivity index (χ3n) is 2.96. The van der Waals surface area contributed by atoms with Crippen LogP contribution in [0.1, 0.15) is 37.6 Å². The second kappa shape index (κ2) is 6.58. The van der Waals surface area contributed by atoms with Crippen molar-refractivity contribution in [3.63, 3.8) is 0 Å². The van der Waals surface area contributed by atoms with Gasteiger partial charge in [0, 0.05) is 23.1 Å². The largest absolute Gasteiger partial charge is 0.339 e. The molecule has 0 spiro atoms. The van der Waals surface area contributed by atoms with Crippen molar-refractivity contribution in [1.29, 1.82) is 0 Å². The predicted octanol–water partition coefficient (Wildman–Crippen LogP) is 4.61. The minimum absolute atomic E-state index is 0.0283. The van der Waals surface area contributed by atoms with Crippen LogP contribution in [-0.2, 0) is 0 Å². The lowest BCUT2D eigenvalue weighted by Crippen LogP contribution is -2.35. The van der Waals surface area contributed by atoms with Gasteiger partial charge in [0.15, 0.2) is 0 Å². The van der Waals surface area contributed by atoms with Gasteiger partial charge >= 0.3 is 0 Å². The van der Waals surface area contributed by atoms with E-state index in [2.05, 4.69) is 36.7 Å². The fourth-order valence-corrected chi connectivity index (χ4v) is 2.37. The van der Waals surface area contributed by atoms with Crippen LogP contribution in [0.15, 0.2) is 22.7 Å². The highest BCUT2D eigenvalue weighted by atomic mass is 79.9. The molecule has 0 N–H and O–H groups in total. The zero-order chi connectivity index (χ0) is 13.9. The smallest absolute Gasteiger partial charge is 0.253 e. The fourth-order valence-electron chi connectivity index (χ4n) is 1.87. The number of nitrogens with zero attached hydrogens (tertiary/aromatic N) is 1. The molecule has 0 heterocycles. The molecule has 0 aliphatic carbocycles. The minimum atomic E-state index is 0.0283. The first-order valence-electron chi connectivity index (χ1n) is 6.05. The van der Waals surface area contributed by atoms with Crippen LogP contribution in [0.25, 0.3) is 0 Å². The average Bonchev–Trinajstić information content (AvgIpc) is 2.30. The van der Waals surface area contributed by atoms with Gasteiger partial charge in [0.1, 0.15) is 0 Å². The van der Waals surface area contributed by atoms with Crippen molar-refractivity contribution in [1.82, 2.24) is 4.90 Å². The van der Waals surface area contributed by atoms with Crippen molar-refractivity contribution in [3.8, 4) is 0 Å². The van der Waals surface area contributed by atoms with Crippen LogP contribution in [0.3, 0.4) is 0 Å². The molecule has 1 rings (SSSR count). The predicted molar refractivity (Wildman–Crippen MR) is 80.2 cm³/mol. The fraction of sp³-hybridized carbons (Fsp3) is 0.500. The Kier molecular flexibility index (Phi) is 5.67. The Labute approximate surface area is 122 Å². The molecule has 0 fully saturated rings. The molecule has 0 saturated heterocycles. The van der Waals surface area contributed by atoms with E-state index in [0.29, 0.717) is 16.5 Å². The van der Waals surface area contributed by atoms with Crippen molar-refractivity contribution in [2.45, 2.75) is 33.2 Å². The summed E-state index contributed by atoms with van der Waals surface area (Å²) in [5, 5.41) is 0.615. The van der Waals surface area contributed by atoms with Crippen molar-refractivity contribution < 1.29 is 4.79 Å². The first kappa shape index (κ1) is 15.5. The Bertz CT molecular complexity index is 434. The molecule has 1 unspecified atom stereocenters. The number of benzene rings is 1. The van der Waals surface area contributed by atoms with E-state index in [-0.39, 0.29) is 11.9 Å². The van der Waals surface area contributed by atoms with Gasteiger partial charge in [-0.15, -0.1) is 0 Å². The molecule has 0 radical (unpaired) electrons. The van der Waals surface area contributed by atoms with Gasteiger partial charge in [-0.1, -0.05) is 25.4 Å². The quantitative estimate of drug-likeness (QED) is 0.788. The standard InChI is InChI=1S/C14H19BrClNO/c1-9(2)7-10(3)17(4)14(18)11-5-6-13(16)12(15)8-11/h5-6,8-10H,7H2,1-4H3. The number of amides is 1. The van der Waals surface area contributed by atoms with Crippen molar-refractivity contribution in [2.24, 2.45) is 5.92 Å². The summed E-state index contributed by atoms with van der Waals surface area (Å²) in [6.07, 6.45) is 0.997. The summed E-state index contributed by atoms with van der Waals surface area (Å²) >= 11 is 9.26. The van der Waals surface area contributed by atoms with Crippen LogP contribution in [0.4, 0.5) is 0 Å². The summed E-state index contributed by atoms with van der Waals surface area (Å²) < 4.78 is 0.750. The van der Waals surface area contributed by atoms with Gasteiger partial charge in [-0.3, -0.25) is 4.79 Å². The maximum Gasteiger partial charge on any atom is 0.253 e. The molecule has 0 saturated carbocycles. The van der Waals surface area contributed by atoms with Crippen LogP contribution in [0.2, 0.25) is 5.02 Å². The van der Waals surface area contributed by atoms with E-state index in [9.17, 15) is 4.79 Å². The van der Waals surface area contributed by atoms with Crippen molar-refractivity contribution in [2.75, 3.05) is 7.05 Å². The molecule has 4 heteroatoms. The summed E-state index contributed by atoms with van der Waals surface area (Å²) in [7, 11) is 1.85. The molecule has 0 aliphatic heterocycles. The summed E-state index contributed by atoms with van der Waals surface area (Å²) in [6, 6.07) is 5.49. The monoisotopic (exact) mass is 331 g/mol. The number of rotatable bonds is 4. The summed E-state index contributed by atoms with van der Waals surface area (Å²) in [5.41, 5.74) is 0.657. The van der Waals surface area contributed by atoms with Gasteiger partial charge in [0.2, 0.25) is 0 Å². The highest BCUT2D eigenvalue weighted by Gasteiger charge is 2.18. The molecule has 1 aromatic rings. The molecule has 100 valence electrons. The lowest BCUT2D eigenvalue weighted by molar-refractivity contribution is 0.0728. The first-order chi connectivity index (χ1) is 8.32. The molecule has 0 aromatic heterocycles. The van der Waals surface area contributed by atoms with Crippen LogP contribution >= 0.6 is 27.5 Å². The number of hydrogen-bond acceptors (Lipinski definition) is 1. The second-order valence-electron chi connectivity index (χ2n) is 5.02. The summed E-state index contributed by atoms with van der Waals surface area (Å²) in [6.45, 7) is 6.39. The summed E-state index contributed by atoms with van der Waals surface area (Å²) in [5.74, 6) is 0.604. The Morgan fingerprint density at radius 3 is 2.50 bits per heavy atom.